The summed E-state index contributed by atoms with van der Waals surface area (Å²) in [7, 11) is 0. The van der Waals surface area contributed by atoms with Crippen molar-refractivity contribution < 1.29 is 8.78 Å². The average Bonchev–Trinajstić information content (AvgIpc) is 2.28. The lowest BCUT2D eigenvalue weighted by atomic mass is 10.3. The number of benzene rings is 1. The summed E-state index contributed by atoms with van der Waals surface area (Å²) in [5.74, 6) is -0.645. The van der Waals surface area contributed by atoms with E-state index in [0.717, 1.165) is 11.8 Å². The summed E-state index contributed by atoms with van der Waals surface area (Å²) in [5, 5.41) is 0.593. The Hall–Kier alpha value is -1.13. The Kier molecular flexibility index (Phi) is 3.97. The number of hydrogen-bond donors (Lipinski definition) is 0. The molecule has 1 nitrogen and oxygen atoms in total. The lowest BCUT2D eigenvalue weighted by molar-refractivity contribution is 0.565. The molecule has 0 bridgehead atoms. The SMILES string of the molecule is Fc1ccc(SCc2cc(Cl)ccn2)c(F)c1. The summed E-state index contributed by atoms with van der Waals surface area (Å²) >= 11 is 7.06. The van der Waals surface area contributed by atoms with E-state index < -0.39 is 11.6 Å². The fraction of sp³-hybridized carbons (Fsp3) is 0.0833. The smallest absolute Gasteiger partial charge is 0.139 e. The van der Waals surface area contributed by atoms with Crippen LogP contribution in [0.2, 0.25) is 5.02 Å². The van der Waals surface area contributed by atoms with Crippen molar-refractivity contribution in [3.05, 3.63) is 58.9 Å². The van der Waals surface area contributed by atoms with E-state index in [2.05, 4.69) is 4.98 Å². The maximum atomic E-state index is 13.3. The predicted molar refractivity (Wildman–Crippen MR) is 65.2 cm³/mol. The highest BCUT2D eigenvalue weighted by molar-refractivity contribution is 7.98. The molecule has 2 aromatic rings. The highest BCUT2D eigenvalue weighted by Gasteiger charge is 2.05. The van der Waals surface area contributed by atoms with Crippen molar-refractivity contribution in [3.63, 3.8) is 0 Å². The minimum Gasteiger partial charge on any atom is -0.260 e. The van der Waals surface area contributed by atoms with Gasteiger partial charge in [0, 0.05) is 27.9 Å². The van der Waals surface area contributed by atoms with Crippen molar-refractivity contribution >= 4 is 23.4 Å². The van der Waals surface area contributed by atoms with Crippen molar-refractivity contribution in [3.8, 4) is 0 Å². The Morgan fingerprint density at radius 1 is 1.18 bits per heavy atom. The molecular weight excluding hydrogens is 264 g/mol. The lowest BCUT2D eigenvalue weighted by Gasteiger charge is -2.03. The molecule has 0 saturated heterocycles. The van der Waals surface area contributed by atoms with Crippen LogP contribution in [0.3, 0.4) is 0 Å². The number of nitrogens with zero attached hydrogens (tertiary/aromatic N) is 1. The molecule has 0 N–H and O–H groups in total. The quantitative estimate of drug-likeness (QED) is 0.772. The predicted octanol–water partition coefficient (Wildman–Crippen LogP) is 4.31. The third-order valence-electron chi connectivity index (χ3n) is 2.05. The van der Waals surface area contributed by atoms with Gasteiger partial charge in [0.15, 0.2) is 0 Å². The van der Waals surface area contributed by atoms with Gasteiger partial charge in [-0.25, -0.2) is 8.78 Å². The first-order valence-electron chi connectivity index (χ1n) is 4.83. The van der Waals surface area contributed by atoms with E-state index in [1.165, 1.54) is 23.9 Å². The van der Waals surface area contributed by atoms with Crippen molar-refractivity contribution in [1.29, 1.82) is 0 Å². The van der Waals surface area contributed by atoms with Crippen molar-refractivity contribution in [2.75, 3.05) is 0 Å². The average molecular weight is 272 g/mol. The zero-order valence-corrected chi connectivity index (χ0v) is 10.2. The van der Waals surface area contributed by atoms with Crippen LogP contribution in [-0.2, 0) is 5.75 Å². The van der Waals surface area contributed by atoms with Crippen molar-refractivity contribution in [1.82, 2.24) is 4.98 Å². The maximum Gasteiger partial charge on any atom is 0.139 e. The number of thioether (sulfide) groups is 1. The van der Waals surface area contributed by atoms with Crippen LogP contribution in [0.25, 0.3) is 0 Å². The highest BCUT2D eigenvalue weighted by Crippen LogP contribution is 2.25. The van der Waals surface area contributed by atoms with Gasteiger partial charge in [0.05, 0.1) is 5.69 Å². The summed E-state index contributed by atoms with van der Waals surface area (Å²) < 4.78 is 26.0. The van der Waals surface area contributed by atoms with Gasteiger partial charge in [-0.15, -0.1) is 11.8 Å². The highest BCUT2D eigenvalue weighted by atomic mass is 35.5. The molecular formula is C12H8ClF2NS. The van der Waals surface area contributed by atoms with Crippen LogP contribution in [0.4, 0.5) is 8.78 Å². The standard InChI is InChI=1S/C12H8ClF2NS/c13-8-3-4-16-10(5-8)7-17-12-2-1-9(14)6-11(12)15/h1-6H,7H2. The van der Waals surface area contributed by atoms with Gasteiger partial charge in [-0.2, -0.15) is 0 Å². The zero-order chi connectivity index (χ0) is 12.3. The number of hydrogen-bond acceptors (Lipinski definition) is 2. The van der Waals surface area contributed by atoms with Crippen LogP contribution >= 0.6 is 23.4 Å². The summed E-state index contributed by atoms with van der Waals surface area (Å²) in [6, 6.07) is 6.91. The van der Waals surface area contributed by atoms with Gasteiger partial charge in [-0.05, 0) is 24.3 Å². The summed E-state index contributed by atoms with van der Waals surface area (Å²) in [6.45, 7) is 0. The maximum absolute atomic E-state index is 13.3. The molecule has 0 spiro atoms. The third-order valence-corrected chi connectivity index (χ3v) is 3.37. The second-order valence-electron chi connectivity index (χ2n) is 3.33. The molecule has 0 saturated carbocycles. The van der Waals surface area contributed by atoms with Crippen LogP contribution in [0.15, 0.2) is 41.4 Å². The van der Waals surface area contributed by atoms with Crippen LogP contribution in [0.5, 0.6) is 0 Å². The molecule has 2 rings (SSSR count). The molecule has 0 aliphatic rings. The van der Waals surface area contributed by atoms with E-state index in [1.54, 1.807) is 18.3 Å². The molecule has 88 valence electrons. The molecule has 0 fully saturated rings. The van der Waals surface area contributed by atoms with Crippen molar-refractivity contribution in [2.45, 2.75) is 10.6 Å². The second-order valence-corrected chi connectivity index (χ2v) is 4.78. The van der Waals surface area contributed by atoms with Gasteiger partial charge >= 0.3 is 0 Å². The van der Waals surface area contributed by atoms with E-state index in [-0.39, 0.29) is 0 Å². The summed E-state index contributed by atoms with van der Waals surface area (Å²) in [4.78, 5) is 4.50. The van der Waals surface area contributed by atoms with Gasteiger partial charge in [-0.1, -0.05) is 11.6 Å². The van der Waals surface area contributed by atoms with Gasteiger partial charge < -0.3 is 0 Å². The van der Waals surface area contributed by atoms with Crippen LogP contribution < -0.4 is 0 Å². The van der Waals surface area contributed by atoms with Crippen LogP contribution in [0, 0.1) is 11.6 Å². The lowest BCUT2D eigenvalue weighted by Crippen LogP contribution is -1.88. The number of rotatable bonds is 3. The van der Waals surface area contributed by atoms with E-state index in [1.807, 2.05) is 0 Å². The molecule has 0 radical (unpaired) electrons. The number of pyridine rings is 1. The molecule has 0 unspecified atom stereocenters. The second kappa shape index (κ2) is 5.47. The van der Waals surface area contributed by atoms with Gasteiger partial charge in [-0.3, -0.25) is 4.98 Å². The van der Waals surface area contributed by atoms with Crippen LogP contribution in [0.1, 0.15) is 5.69 Å². The molecule has 5 heteroatoms. The zero-order valence-electron chi connectivity index (χ0n) is 8.66. The van der Waals surface area contributed by atoms with Crippen LogP contribution in [-0.4, -0.2) is 4.98 Å². The molecule has 0 atom stereocenters. The topological polar surface area (TPSA) is 12.9 Å². The summed E-state index contributed by atoms with van der Waals surface area (Å²) in [5.41, 5.74) is 0.756. The minimum absolute atomic E-state index is 0.396. The minimum atomic E-state index is -0.576. The Morgan fingerprint density at radius 2 is 2.00 bits per heavy atom. The van der Waals surface area contributed by atoms with E-state index in [4.69, 9.17) is 11.6 Å². The first-order valence-corrected chi connectivity index (χ1v) is 6.20. The van der Waals surface area contributed by atoms with E-state index >= 15 is 0 Å². The number of aromatic nitrogens is 1. The van der Waals surface area contributed by atoms with Gasteiger partial charge in [0.1, 0.15) is 11.6 Å². The Bertz CT molecular complexity index is 534. The van der Waals surface area contributed by atoms with E-state index in [0.29, 0.717) is 15.7 Å². The fourth-order valence-electron chi connectivity index (χ4n) is 1.27. The molecule has 0 aliphatic carbocycles. The Labute approximate surface area is 107 Å². The van der Waals surface area contributed by atoms with Gasteiger partial charge in [0.25, 0.3) is 0 Å². The molecule has 0 aliphatic heterocycles. The molecule has 1 aromatic carbocycles. The molecule has 0 amide bonds. The molecule has 1 aromatic heterocycles. The van der Waals surface area contributed by atoms with Crippen molar-refractivity contribution in [2.24, 2.45) is 0 Å². The third kappa shape index (κ3) is 3.41. The fourth-order valence-corrected chi connectivity index (χ4v) is 2.28. The molecule has 17 heavy (non-hydrogen) atoms. The van der Waals surface area contributed by atoms with Gasteiger partial charge in [0.2, 0.25) is 0 Å². The first-order chi connectivity index (χ1) is 8.15. The Balaban J connectivity index is 2.07. The first kappa shape index (κ1) is 12.3. The molecule has 1 heterocycles. The Morgan fingerprint density at radius 3 is 2.71 bits per heavy atom. The van der Waals surface area contributed by atoms with E-state index in [9.17, 15) is 8.78 Å². The largest absolute Gasteiger partial charge is 0.260 e. The monoisotopic (exact) mass is 271 g/mol. The summed E-state index contributed by atoms with van der Waals surface area (Å²) in [6.07, 6.45) is 1.60. The number of halogens is 3. The normalized spacial score (nSPS) is 10.5.